The van der Waals surface area contributed by atoms with Gasteiger partial charge in [-0.25, -0.2) is 12.8 Å². The largest absolute Gasteiger partial charge is 0.481 e. The zero-order valence-corrected chi connectivity index (χ0v) is 17.0. The summed E-state index contributed by atoms with van der Waals surface area (Å²) in [5, 5.41) is 8.76. The number of halogens is 1. The molecule has 3 aromatic carbocycles. The first kappa shape index (κ1) is 21.7. The fourth-order valence-electron chi connectivity index (χ4n) is 3.13. The van der Waals surface area contributed by atoms with Crippen molar-refractivity contribution < 1.29 is 22.7 Å². The van der Waals surface area contributed by atoms with Crippen LogP contribution in [0.5, 0.6) is 0 Å². The van der Waals surface area contributed by atoms with Gasteiger partial charge in [0.1, 0.15) is 5.82 Å². The smallest absolute Gasteiger partial charge is 0.303 e. The number of carbonyl (C=O) groups is 1. The average molecular weight is 427 g/mol. The molecule has 7 heteroatoms. The summed E-state index contributed by atoms with van der Waals surface area (Å²) in [6.07, 6.45) is 1.23. The maximum absolute atomic E-state index is 13.4. The van der Waals surface area contributed by atoms with Crippen LogP contribution in [0.4, 0.5) is 4.39 Å². The topological polar surface area (TPSA) is 83.5 Å². The Morgan fingerprint density at radius 3 is 2.03 bits per heavy atom. The van der Waals surface area contributed by atoms with Gasteiger partial charge in [-0.05, 0) is 53.8 Å². The van der Waals surface area contributed by atoms with E-state index in [0.717, 1.165) is 5.56 Å². The van der Waals surface area contributed by atoms with Gasteiger partial charge in [0.05, 0.1) is 10.9 Å². The van der Waals surface area contributed by atoms with Crippen molar-refractivity contribution in [1.82, 2.24) is 4.72 Å². The molecule has 0 fully saturated rings. The lowest BCUT2D eigenvalue weighted by Gasteiger charge is -2.20. The van der Waals surface area contributed by atoms with E-state index in [1.54, 1.807) is 42.5 Å². The summed E-state index contributed by atoms with van der Waals surface area (Å²) in [6, 6.07) is 20.3. The van der Waals surface area contributed by atoms with Gasteiger partial charge < -0.3 is 5.11 Å². The minimum absolute atomic E-state index is 0.0941. The average Bonchev–Trinajstić information content (AvgIpc) is 2.74. The third-order valence-electron chi connectivity index (χ3n) is 4.70. The van der Waals surface area contributed by atoms with Crippen LogP contribution in [0.3, 0.4) is 0 Å². The summed E-state index contributed by atoms with van der Waals surface area (Å²) in [7, 11) is -3.81. The first-order valence-electron chi connectivity index (χ1n) is 9.48. The Labute approximate surface area is 175 Å². The number of aryl methyl sites for hydroxylation is 1. The van der Waals surface area contributed by atoms with Crippen LogP contribution in [0.1, 0.15) is 35.6 Å². The SMILES string of the molecule is O=C(O)CCCc1ccc(C(NS(=O)(=O)c2ccccc2)c2ccc(F)cc2)cc1. The summed E-state index contributed by atoms with van der Waals surface area (Å²) >= 11 is 0. The molecule has 5 nitrogen and oxygen atoms in total. The molecule has 0 bridgehead atoms. The number of sulfonamides is 1. The molecule has 0 aromatic heterocycles. The first-order valence-corrected chi connectivity index (χ1v) is 11.0. The first-order chi connectivity index (χ1) is 14.3. The second-order valence-electron chi connectivity index (χ2n) is 6.91. The fraction of sp³-hybridized carbons (Fsp3) is 0.174. The van der Waals surface area contributed by atoms with E-state index in [-0.39, 0.29) is 11.3 Å². The predicted molar refractivity (Wildman–Crippen MR) is 112 cm³/mol. The Bertz CT molecular complexity index is 1080. The second kappa shape index (κ2) is 9.65. The van der Waals surface area contributed by atoms with E-state index in [0.29, 0.717) is 24.0 Å². The van der Waals surface area contributed by atoms with Crippen LogP contribution in [0.25, 0.3) is 0 Å². The normalized spacial score (nSPS) is 12.4. The van der Waals surface area contributed by atoms with Gasteiger partial charge in [-0.15, -0.1) is 0 Å². The fourth-order valence-corrected chi connectivity index (χ4v) is 4.36. The Morgan fingerprint density at radius 2 is 1.47 bits per heavy atom. The van der Waals surface area contributed by atoms with Gasteiger partial charge in [0.25, 0.3) is 0 Å². The highest BCUT2D eigenvalue weighted by Gasteiger charge is 2.23. The van der Waals surface area contributed by atoms with Crippen molar-refractivity contribution in [3.63, 3.8) is 0 Å². The molecule has 3 aromatic rings. The van der Waals surface area contributed by atoms with E-state index >= 15 is 0 Å². The van der Waals surface area contributed by atoms with E-state index in [1.807, 2.05) is 12.1 Å². The molecular formula is C23H22FNO4S. The molecule has 2 N–H and O–H groups in total. The molecule has 0 saturated carbocycles. The van der Waals surface area contributed by atoms with Crippen molar-refractivity contribution in [2.24, 2.45) is 0 Å². The summed E-state index contributed by atoms with van der Waals surface area (Å²) in [5.41, 5.74) is 2.27. The highest BCUT2D eigenvalue weighted by molar-refractivity contribution is 7.89. The number of carboxylic acid groups (broad SMARTS) is 1. The van der Waals surface area contributed by atoms with Gasteiger partial charge in [0.2, 0.25) is 10.0 Å². The molecule has 0 aliphatic rings. The predicted octanol–water partition coefficient (Wildman–Crippen LogP) is 4.30. The minimum Gasteiger partial charge on any atom is -0.481 e. The highest BCUT2D eigenvalue weighted by Crippen LogP contribution is 2.25. The number of carboxylic acids is 1. The van der Waals surface area contributed by atoms with Crippen LogP contribution >= 0.6 is 0 Å². The van der Waals surface area contributed by atoms with E-state index in [9.17, 15) is 17.6 Å². The van der Waals surface area contributed by atoms with Gasteiger partial charge in [-0.2, -0.15) is 4.72 Å². The Hall–Kier alpha value is -3.03. The Kier molecular flexibility index (Phi) is 6.97. The van der Waals surface area contributed by atoms with Gasteiger partial charge in [0.15, 0.2) is 0 Å². The van der Waals surface area contributed by atoms with Crippen molar-refractivity contribution in [2.75, 3.05) is 0 Å². The molecule has 156 valence electrons. The molecule has 30 heavy (non-hydrogen) atoms. The number of hydrogen-bond acceptors (Lipinski definition) is 3. The van der Waals surface area contributed by atoms with Crippen LogP contribution in [0.15, 0.2) is 83.8 Å². The standard InChI is InChI=1S/C23H22FNO4S/c24-20-15-13-19(14-16-20)23(25-30(28,29)21-6-2-1-3-7-21)18-11-9-17(10-12-18)5-4-8-22(26)27/h1-3,6-7,9-16,23,25H,4-5,8H2,(H,26,27). The van der Waals surface area contributed by atoms with Gasteiger partial charge in [0, 0.05) is 6.42 Å². The molecule has 0 radical (unpaired) electrons. The lowest BCUT2D eigenvalue weighted by atomic mass is 9.97. The molecular weight excluding hydrogens is 405 g/mol. The Morgan fingerprint density at radius 1 is 0.900 bits per heavy atom. The van der Waals surface area contributed by atoms with Gasteiger partial charge in [-0.1, -0.05) is 54.6 Å². The maximum Gasteiger partial charge on any atom is 0.303 e. The van der Waals surface area contributed by atoms with E-state index in [4.69, 9.17) is 5.11 Å². The van der Waals surface area contributed by atoms with Crippen molar-refractivity contribution in [3.8, 4) is 0 Å². The van der Waals surface area contributed by atoms with E-state index in [1.165, 1.54) is 24.3 Å². The third-order valence-corrected chi connectivity index (χ3v) is 6.14. The van der Waals surface area contributed by atoms with Crippen molar-refractivity contribution in [2.45, 2.75) is 30.2 Å². The monoisotopic (exact) mass is 427 g/mol. The van der Waals surface area contributed by atoms with Gasteiger partial charge >= 0.3 is 5.97 Å². The lowest BCUT2D eigenvalue weighted by molar-refractivity contribution is -0.137. The second-order valence-corrected chi connectivity index (χ2v) is 8.62. The highest BCUT2D eigenvalue weighted by atomic mass is 32.2. The molecule has 0 saturated heterocycles. The minimum atomic E-state index is -3.81. The molecule has 0 aliphatic carbocycles. The van der Waals surface area contributed by atoms with Crippen LogP contribution in [-0.2, 0) is 21.2 Å². The van der Waals surface area contributed by atoms with Crippen molar-refractivity contribution in [3.05, 3.63) is 101 Å². The summed E-state index contributed by atoms with van der Waals surface area (Å²) in [5.74, 6) is -1.24. The van der Waals surface area contributed by atoms with Crippen molar-refractivity contribution in [1.29, 1.82) is 0 Å². The number of nitrogens with one attached hydrogen (secondary N) is 1. The third kappa shape index (κ3) is 5.75. The molecule has 1 unspecified atom stereocenters. The molecule has 0 heterocycles. The summed E-state index contributed by atoms with van der Waals surface area (Å²) in [4.78, 5) is 10.8. The molecule has 3 rings (SSSR count). The molecule has 0 amide bonds. The molecule has 0 aliphatic heterocycles. The van der Waals surface area contributed by atoms with Crippen LogP contribution in [0, 0.1) is 5.82 Å². The van der Waals surface area contributed by atoms with Crippen molar-refractivity contribution >= 4 is 16.0 Å². The number of hydrogen-bond donors (Lipinski definition) is 2. The Balaban J connectivity index is 1.88. The maximum atomic E-state index is 13.4. The zero-order chi connectivity index (χ0) is 21.6. The van der Waals surface area contributed by atoms with Crippen LogP contribution in [-0.4, -0.2) is 19.5 Å². The van der Waals surface area contributed by atoms with E-state index < -0.39 is 27.9 Å². The van der Waals surface area contributed by atoms with Crippen LogP contribution in [0.2, 0.25) is 0 Å². The zero-order valence-electron chi connectivity index (χ0n) is 16.2. The summed E-state index contributed by atoms with van der Waals surface area (Å²) in [6.45, 7) is 0. The van der Waals surface area contributed by atoms with Gasteiger partial charge in [-0.3, -0.25) is 4.79 Å². The molecule has 0 spiro atoms. The van der Waals surface area contributed by atoms with E-state index in [2.05, 4.69) is 4.72 Å². The number of rotatable bonds is 9. The quantitative estimate of drug-likeness (QED) is 0.533. The van der Waals surface area contributed by atoms with Crippen LogP contribution < -0.4 is 4.72 Å². The number of aliphatic carboxylic acids is 1. The number of benzene rings is 3. The molecule has 1 atom stereocenters. The lowest BCUT2D eigenvalue weighted by Crippen LogP contribution is -2.29. The summed E-state index contributed by atoms with van der Waals surface area (Å²) < 4.78 is 41.9.